The molecule has 2 rings (SSSR count). The number of nitrogens with zero attached hydrogens (tertiary/aromatic N) is 1. The van der Waals surface area contributed by atoms with Gasteiger partial charge in [-0.1, -0.05) is 12.8 Å². The zero-order chi connectivity index (χ0) is 13.2. The van der Waals surface area contributed by atoms with E-state index >= 15 is 0 Å². The van der Waals surface area contributed by atoms with Crippen molar-refractivity contribution >= 4 is 11.3 Å². The Morgan fingerprint density at radius 3 is 2.72 bits per heavy atom. The van der Waals surface area contributed by atoms with Crippen molar-refractivity contribution in [2.24, 2.45) is 11.8 Å². The average Bonchev–Trinajstić information content (AvgIpc) is 2.80. The molecule has 1 aliphatic rings. The molecule has 1 aromatic heterocycles. The number of alkyl halides is 3. The van der Waals surface area contributed by atoms with Gasteiger partial charge in [-0.05, 0) is 18.8 Å². The van der Waals surface area contributed by atoms with Crippen molar-refractivity contribution in [1.82, 2.24) is 4.98 Å². The molecule has 0 aliphatic heterocycles. The number of aromatic nitrogens is 1. The minimum absolute atomic E-state index is 0.147. The van der Waals surface area contributed by atoms with Crippen LogP contribution in [0.3, 0.4) is 0 Å². The third kappa shape index (κ3) is 3.23. The molecule has 6 heteroatoms. The fourth-order valence-electron chi connectivity index (χ4n) is 2.73. The lowest BCUT2D eigenvalue weighted by molar-refractivity contribution is -0.206. The van der Waals surface area contributed by atoms with Crippen molar-refractivity contribution in [3.8, 4) is 0 Å². The van der Waals surface area contributed by atoms with Crippen LogP contribution in [0.25, 0.3) is 0 Å². The van der Waals surface area contributed by atoms with Crippen molar-refractivity contribution < 1.29 is 18.3 Å². The van der Waals surface area contributed by atoms with Crippen molar-refractivity contribution in [3.05, 3.63) is 16.6 Å². The maximum absolute atomic E-state index is 12.9. The fraction of sp³-hybridized carbons (Fsp3) is 0.750. The predicted octanol–water partition coefficient (Wildman–Crippen LogP) is 3.42. The molecule has 0 radical (unpaired) electrons. The summed E-state index contributed by atoms with van der Waals surface area (Å²) in [5.41, 5.74) is 1.63. The minimum atomic E-state index is -4.19. The Hall–Kier alpha value is -0.620. The van der Waals surface area contributed by atoms with Gasteiger partial charge in [0.1, 0.15) is 0 Å². The lowest BCUT2D eigenvalue weighted by Gasteiger charge is -2.35. The largest absolute Gasteiger partial charge is 0.392 e. The highest BCUT2D eigenvalue weighted by Crippen LogP contribution is 2.43. The van der Waals surface area contributed by atoms with Gasteiger partial charge in [0.05, 0.1) is 17.5 Å². The quantitative estimate of drug-likeness (QED) is 0.919. The average molecular weight is 279 g/mol. The van der Waals surface area contributed by atoms with Gasteiger partial charge >= 0.3 is 6.18 Å². The van der Waals surface area contributed by atoms with Gasteiger partial charge in [-0.15, -0.1) is 11.3 Å². The Labute approximate surface area is 108 Å². The molecule has 0 aromatic carbocycles. The maximum Gasteiger partial charge on any atom is 0.392 e. The molecular weight excluding hydrogens is 263 g/mol. The van der Waals surface area contributed by atoms with Crippen LogP contribution in [-0.2, 0) is 6.42 Å². The van der Waals surface area contributed by atoms with E-state index in [1.807, 2.05) is 0 Å². The summed E-state index contributed by atoms with van der Waals surface area (Å²) >= 11 is 1.37. The summed E-state index contributed by atoms with van der Waals surface area (Å²) < 4.78 is 38.7. The summed E-state index contributed by atoms with van der Waals surface area (Å²) in [5, 5.41) is 10.1. The number of hydrogen-bond acceptors (Lipinski definition) is 3. The summed E-state index contributed by atoms with van der Waals surface area (Å²) in [6.45, 7) is 0. The first-order valence-electron chi connectivity index (χ1n) is 6.10. The molecule has 0 spiro atoms. The van der Waals surface area contributed by atoms with Crippen LogP contribution >= 0.6 is 11.3 Å². The summed E-state index contributed by atoms with van der Waals surface area (Å²) in [7, 11) is 0. The second-order valence-electron chi connectivity index (χ2n) is 4.84. The van der Waals surface area contributed by atoms with Gasteiger partial charge in [0.15, 0.2) is 0 Å². The van der Waals surface area contributed by atoms with E-state index in [1.165, 1.54) is 11.3 Å². The Balaban J connectivity index is 2.04. The van der Waals surface area contributed by atoms with Crippen LogP contribution in [0.4, 0.5) is 13.2 Å². The lowest BCUT2D eigenvalue weighted by atomic mass is 9.75. The van der Waals surface area contributed by atoms with E-state index < -0.39 is 24.1 Å². The molecule has 1 heterocycles. The lowest BCUT2D eigenvalue weighted by Crippen LogP contribution is -2.40. The van der Waals surface area contributed by atoms with Crippen LogP contribution < -0.4 is 0 Å². The van der Waals surface area contributed by atoms with E-state index in [0.29, 0.717) is 12.8 Å². The molecule has 1 fully saturated rings. The molecule has 18 heavy (non-hydrogen) atoms. The highest BCUT2D eigenvalue weighted by molar-refractivity contribution is 7.09. The van der Waals surface area contributed by atoms with E-state index in [2.05, 4.69) is 4.98 Å². The third-order valence-electron chi connectivity index (χ3n) is 3.63. The number of hydrogen-bond donors (Lipinski definition) is 1. The van der Waals surface area contributed by atoms with Gasteiger partial charge in [-0.2, -0.15) is 13.2 Å². The van der Waals surface area contributed by atoms with Crippen LogP contribution in [-0.4, -0.2) is 22.4 Å². The first-order valence-corrected chi connectivity index (χ1v) is 6.98. The van der Waals surface area contributed by atoms with Gasteiger partial charge in [0.25, 0.3) is 0 Å². The Morgan fingerprint density at radius 2 is 2.11 bits per heavy atom. The molecule has 1 N–H and O–H groups in total. The van der Waals surface area contributed by atoms with E-state index in [-0.39, 0.29) is 12.8 Å². The number of aliphatic hydroxyl groups excluding tert-OH is 1. The van der Waals surface area contributed by atoms with Crippen molar-refractivity contribution in [2.45, 2.75) is 44.4 Å². The summed E-state index contributed by atoms with van der Waals surface area (Å²) in [4.78, 5) is 4.72. The Kier molecular flexibility index (Phi) is 4.27. The standard InChI is InChI=1S/C12H16F3NOS/c13-12(14,15)10-4-2-1-3-9(10)11(17)5-8-6-16-7-18-8/h6-7,9-11,17H,1-5H2. The first kappa shape index (κ1) is 13.8. The van der Waals surface area contributed by atoms with Gasteiger partial charge in [-0.3, -0.25) is 4.98 Å². The van der Waals surface area contributed by atoms with Gasteiger partial charge < -0.3 is 5.11 Å². The molecule has 102 valence electrons. The van der Waals surface area contributed by atoms with E-state index in [1.54, 1.807) is 11.7 Å². The smallest absolute Gasteiger partial charge is 0.392 e. The second kappa shape index (κ2) is 5.57. The predicted molar refractivity (Wildman–Crippen MR) is 63.3 cm³/mol. The van der Waals surface area contributed by atoms with Crippen molar-refractivity contribution in [3.63, 3.8) is 0 Å². The Bertz CT molecular complexity index is 366. The summed E-state index contributed by atoms with van der Waals surface area (Å²) in [6, 6.07) is 0. The van der Waals surface area contributed by atoms with Crippen molar-refractivity contribution in [2.75, 3.05) is 0 Å². The number of thiazole rings is 1. The van der Waals surface area contributed by atoms with E-state index in [4.69, 9.17) is 0 Å². The highest BCUT2D eigenvalue weighted by atomic mass is 32.1. The molecule has 1 saturated carbocycles. The monoisotopic (exact) mass is 279 g/mol. The minimum Gasteiger partial charge on any atom is -0.392 e. The molecule has 3 atom stereocenters. The fourth-order valence-corrected chi connectivity index (χ4v) is 3.37. The molecule has 1 aliphatic carbocycles. The number of halogens is 3. The normalized spacial score (nSPS) is 27.1. The van der Waals surface area contributed by atoms with Crippen LogP contribution in [0.5, 0.6) is 0 Å². The zero-order valence-electron chi connectivity index (χ0n) is 9.86. The molecule has 0 saturated heterocycles. The van der Waals surface area contributed by atoms with Gasteiger partial charge in [0, 0.05) is 17.5 Å². The van der Waals surface area contributed by atoms with Gasteiger partial charge in [-0.25, -0.2) is 0 Å². The van der Waals surface area contributed by atoms with Gasteiger partial charge in [0.2, 0.25) is 0 Å². The second-order valence-corrected chi connectivity index (χ2v) is 5.81. The zero-order valence-corrected chi connectivity index (χ0v) is 10.7. The Morgan fingerprint density at radius 1 is 1.39 bits per heavy atom. The highest BCUT2D eigenvalue weighted by Gasteiger charge is 2.47. The molecule has 3 unspecified atom stereocenters. The van der Waals surface area contributed by atoms with E-state index in [9.17, 15) is 18.3 Å². The molecule has 0 bridgehead atoms. The van der Waals surface area contributed by atoms with Crippen LogP contribution in [0, 0.1) is 11.8 Å². The molecule has 0 amide bonds. The maximum atomic E-state index is 12.9. The first-order chi connectivity index (χ1) is 8.48. The molecule has 2 nitrogen and oxygen atoms in total. The van der Waals surface area contributed by atoms with E-state index in [0.717, 1.165) is 11.3 Å². The number of aliphatic hydroxyl groups is 1. The summed E-state index contributed by atoms with van der Waals surface area (Å²) in [5.74, 6) is -2.02. The van der Waals surface area contributed by atoms with Crippen LogP contribution in [0.1, 0.15) is 30.6 Å². The molecule has 1 aromatic rings. The van der Waals surface area contributed by atoms with Crippen molar-refractivity contribution in [1.29, 1.82) is 0 Å². The third-order valence-corrected chi connectivity index (χ3v) is 4.43. The SMILES string of the molecule is OC(Cc1cncs1)C1CCCCC1C(F)(F)F. The summed E-state index contributed by atoms with van der Waals surface area (Å²) in [6.07, 6.45) is -1.23. The van der Waals surface area contributed by atoms with Crippen LogP contribution in [0.2, 0.25) is 0 Å². The topological polar surface area (TPSA) is 33.1 Å². The molecular formula is C12H16F3NOS. The van der Waals surface area contributed by atoms with Crippen LogP contribution in [0.15, 0.2) is 11.7 Å². The number of rotatable bonds is 3.